The Hall–Kier alpha value is -4.52. The summed E-state index contributed by atoms with van der Waals surface area (Å²) in [6.07, 6.45) is 0. The molecule has 3 aromatic carbocycles. The second kappa shape index (κ2) is 10.4. The highest BCUT2D eigenvalue weighted by Gasteiger charge is 2.29. The van der Waals surface area contributed by atoms with Crippen molar-refractivity contribution in [1.82, 2.24) is 0 Å². The summed E-state index contributed by atoms with van der Waals surface area (Å²) in [5.74, 6) is -0.335. The second-order valence-electron chi connectivity index (χ2n) is 7.67. The number of amides is 1. The number of methoxy groups -OCH3 is 1. The van der Waals surface area contributed by atoms with Crippen molar-refractivity contribution in [3.63, 3.8) is 0 Å². The Morgan fingerprint density at radius 2 is 1.61 bits per heavy atom. The molecule has 0 aromatic heterocycles. The molecule has 188 valence electrons. The van der Waals surface area contributed by atoms with Gasteiger partial charge in [0.2, 0.25) is 5.91 Å². The summed E-state index contributed by atoms with van der Waals surface area (Å²) < 4.78 is 33.0. The Morgan fingerprint density at radius 3 is 2.19 bits per heavy atom. The number of nitro benzene ring substituents is 2. The van der Waals surface area contributed by atoms with Gasteiger partial charge in [-0.05, 0) is 50.2 Å². The van der Waals surface area contributed by atoms with E-state index in [1.54, 1.807) is 0 Å². The quantitative estimate of drug-likeness (QED) is 0.331. The van der Waals surface area contributed by atoms with E-state index in [9.17, 15) is 33.4 Å². The third kappa shape index (κ3) is 5.41. The monoisotopic (exact) mass is 514 g/mol. The molecule has 0 atom stereocenters. The van der Waals surface area contributed by atoms with Crippen molar-refractivity contribution in [2.45, 2.75) is 18.7 Å². The average Bonchev–Trinajstić information content (AvgIpc) is 2.83. The second-order valence-corrected chi connectivity index (χ2v) is 9.53. The van der Waals surface area contributed by atoms with Crippen LogP contribution in [0.15, 0.2) is 65.6 Å². The molecule has 1 amide bonds. The number of carbonyl (C=O) groups is 1. The van der Waals surface area contributed by atoms with Crippen molar-refractivity contribution in [1.29, 1.82) is 0 Å². The Kier molecular flexibility index (Phi) is 7.53. The van der Waals surface area contributed by atoms with E-state index in [1.807, 2.05) is 0 Å². The van der Waals surface area contributed by atoms with Crippen molar-refractivity contribution >= 4 is 38.7 Å². The van der Waals surface area contributed by atoms with Crippen LogP contribution < -0.4 is 14.4 Å². The van der Waals surface area contributed by atoms with E-state index in [-0.39, 0.29) is 38.8 Å². The van der Waals surface area contributed by atoms with Gasteiger partial charge in [-0.3, -0.25) is 29.3 Å². The molecule has 0 aliphatic carbocycles. The van der Waals surface area contributed by atoms with Crippen LogP contribution in [0.25, 0.3) is 0 Å². The molecule has 0 bridgehead atoms. The van der Waals surface area contributed by atoms with Crippen LogP contribution in [0, 0.1) is 34.1 Å². The smallest absolute Gasteiger partial charge is 0.274 e. The molecule has 3 rings (SSSR count). The fourth-order valence-electron chi connectivity index (χ4n) is 3.41. The van der Waals surface area contributed by atoms with Crippen molar-refractivity contribution in [2.24, 2.45) is 0 Å². The van der Waals surface area contributed by atoms with E-state index < -0.39 is 32.3 Å². The lowest BCUT2D eigenvalue weighted by atomic mass is 10.1. The number of hydrogen-bond acceptors (Lipinski definition) is 8. The summed E-state index contributed by atoms with van der Waals surface area (Å²) in [4.78, 5) is 33.9. The SMILES string of the molecule is COc1ccc(N(CC(=O)Nc2cccc([N+](=O)[O-])c2C)S(=O)(=O)c2ccc(C)c([N+](=O)[O-])c2)cc1. The number of rotatable bonds is 9. The molecular weight excluding hydrogens is 492 g/mol. The van der Waals surface area contributed by atoms with Gasteiger partial charge in [-0.2, -0.15) is 0 Å². The van der Waals surface area contributed by atoms with Crippen LogP contribution in [0.5, 0.6) is 5.75 Å². The molecule has 0 aliphatic heterocycles. The van der Waals surface area contributed by atoms with Gasteiger partial charge in [0.05, 0.1) is 38.8 Å². The van der Waals surface area contributed by atoms with E-state index in [1.165, 1.54) is 75.6 Å². The highest BCUT2D eigenvalue weighted by molar-refractivity contribution is 7.92. The zero-order chi connectivity index (χ0) is 26.6. The largest absolute Gasteiger partial charge is 0.497 e. The molecular formula is C23H22N4O8S. The van der Waals surface area contributed by atoms with Gasteiger partial charge in [-0.1, -0.05) is 12.1 Å². The van der Waals surface area contributed by atoms with E-state index in [0.29, 0.717) is 5.75 Å². The molecule has 0 heterocycles. The molecule has 0 fully saturated rings. The minimum absolute atomic E-state index is 0.102. The summed E-state index contributed by atoms with van der Waals surface area (Å²) in [7, 11) is -3.01. The Morgan fingerprint density at radius 1 is 0.972 bits per heavy atom. The first-order valence-electron chi connectivity index (χ1n) is 10.4. The number of nitrogens with zero attached hydrogens (tertiary/aromatic N) is 3. The Labute approximate surface area is 206 Å². The number of benzene rings is 3. The summed E-state index contributed by atoms with van der Waals surface area (Å²) in [6.45, 7) is 2.22. The predicted octanol–water partition coefficient (Wildman–Crippen LogP) is 3.96. The van der Waals surface area contributed by atoms with E-state index in [0.717, 1.165) is 10.4 Å². The van der Waals surface area contributed by atoms with Crippen LogP contribution >= 0.6 is 0 Å². The van der Waals surface area contributed by atoms with Gasteiger partial charge >= 0.3 is 0 Å². The lowest BCUT2D eigenvalue weighted by Gasteiger charge is -2.24. The number of anilines is 2. The van der Waals surface area contributed by atoms with Gasteiger partial charge in [0.15, 0.2) is 0 Å². The first-order chi connectivity index (χ1) is 16.9. The van der Waals surface area contributed by atoms with Gasteiger partial charge in [-0.25, -0.2) is 8.42 Å². The minimum atomic E-state index is -4.45. The molecule has 1 N–H and O–H groups in total. The third-order valence-corrected chi connectivity index (χ3v) is 7.16. The maximum absolute atomic E-state index is 13.6. The van der Waals surface area contributed by atoms with Crippen LogP contribution in [-0.2, 0) is 14.8 Å². The number of carbonyl (C=O) groups excluding carboxylic acids is 1. The molecule has 13 heteroatoms. The Balaban J connectivity index is 2.03. The lowest BCUT2D eigenvalue weighted by Crippen LogP contribution is -2.38. The fourth-order valence-corrected chi connectivity index (χ4v) is 4.86. The summed E-state index contributed by atoms with van der Waals surface area (Å²) in [5, 5.41) is 25.1. The number of hydrogen-bond donors (Lipinski definition) is 1. The topological polar surface area (TPSA) is 162 Å². The van der Waals surface area contributed by atoms with Crippen LogP contribution in [0.2, 0.25) is 0 Å². The molecule has 0 saturated heterocycles. The van der Waals surface area contributed by atoms with Gasteiger partial charge in [0.25, 0.3) is 21.4 Å². The van der Waals surface area contributed by atoms with Crippen LogP contribution in [0.3, 0.4) is 0 Å². The van der Waals surface area contributed by atoms with Gasteiger partial charge < -0.3 is 10.1 Å². The van der Waals surface area contributed by atoms with E-state index in [2.05, 4.69) is 5.32 Å². The zero-order valence-corrected chi connectivity index (χ0v) is 20.3. The van der Waals surface area contributed by atoms with Crippen molar-refractivity contribution < 1.29 is 27.8 Å². The average molecular weight is 515 g/mol. The summed E-state index contributed by atoms with van der Waals surface area (Å²) >= 11 is 0. The maximum atomic E-state index is 13.6. The molecule has 36 heavy (non-hydrogen) atoms. The maximum Gasteiger partial charge on any atom is 0.274 e. The highest BCUT2D eigenvalue weighted by atomic mass is 32.2. The first-order valence-corrected chi connectivity index (χ1v) is 11.9. The third-order valence-electron chi connectivity index (χ3n) is 5.39. The summed E-state index contributed by atoms with van der Waals surface area (Å²) in [6, 6.07) is 13.4. The zero-order valence-electron chi connectivity index (χ0n) is 19.5. The molecule has 0 unspecified atom stereocenters. The number of sulfonamides is 1. The Bertz CT molecular complexity index is 1440. The first kappa shape index (κ1) is 26.1. The van der Waals surface area contributed by atoms with E-state index >= 15 is 0 Å². The summed E-state index contributed by atoms with van der Waals surface area (Å²) in [5.41, 5.74) is 0.122. The highest BCUT2D eigenvalue weighted by Crippen LogP contribution is 2.30. The molecule has 0 radical (unpaired) electrons. The van der Waals surface area contributed by atoms with Crippen molar-refractivity contribution in [3.8, 4) is 5.75 Å². The number of nitro groups is 2. The molecule has 0 aliphatic rings. The molecule has 3 aromatic rings. The lowest BCUT2D eigenvalue weighted by molar-refractivity contribution is -0.385. The van der Waals surface area contributed by atoms with E-state index in [4.69, 9.17) is 4.74 Å². The number of nitrogens with one attached hydrogen (secondary N) is 1. The van der Waals surface area contributed by atoms with Crippen molar-refractivity contribution in [2.75, 3.05) is 23.3 Å². The van der Waals surface area contributed by atoms with Crippen LogP contribution in [0.1, 0.15) is 11.1 Å². The molecule has 0 spiro atoms. The van der Waals surface area contributed by atoms with Crippen LogP contribution in [-0.4, -0.2) is 37.8 Å². The molecule has 0 saturated carbocycles. The standard InChI is InChI=1S/C23H22N4O8S/c1-15-7-12-19(13-22(15)27(31)32)36(33,34)25(17-8-10-18(35-3)11-9-17)14-23(28)24-20-5-4-6-21(16(20)2)26(29)30/h4-13H,14H2,1-3H3,(H,24,28). The van der Waals surface area contributed by atoms with Gasteiger partial charge in [0.1, 0.15) is 12.3 Å². The normalized spacial score (nSPS) is 11.0. The number of aryl methyl sites for hydroxylation is 1. The van der Waals surface area contributed by atoms with Gasteiger partial charge in [-0.15, -0.1) is 0 Å². The minimum Gasteiger partial charge on any atom is -0.497 e. The predicted molar refractivity (Wildman–Crippen MR) is 132 cm³/mol. The van der Waals surface area contributed by atoms with Gasteiger partial charge in [0, 0.05) is 17.7 Å². The van der Waals surface area contributed by atoms with Crippen molar-refractivity contribution in [3.05, 3.63) is 92.0 Å². The van der Waals surface area contributed by atoms with Crippen LogP contribution in [0.4, 0.5) is 22.7 Å². The fraction of sp³-hybridized carbons (Fsp3) is 0.174. The molecule has 12 nitrogen and oxygen atoms in total. The number of ether oxygens (including phenoxy) is 1.